The smallest absolute Gasteiger partial charge is 0.148 e. The van der Waals surface area contributed by atoms with Gasteiger partial charge in [-0.1, -0.05) is 29.3 Å². The van der Waals surface area contributed by atoms with E-state index in [4.69, 9.17) is 23.2 Å². The number of halogens is 2. The maximum absolute atomic E-state index is 9.27. The second-order valence-corrected chi connectivity index (χ2v) is 5.49. The van der Waals surface area contributed by atoms with Gasteiger partial charge in [0.25, 0.3) is 0 Å². The summed E-state index contributed by atoms with van der Waals surface area (Å²) in [5, 5.41) is 13.4. The monoisotopic (exact) mass is 303 g/mol. The van der Waals surface area contributed by atoms with Gasteiger partial charge in [0.05, 0.1) is 21.3 Å². The van der Waals surface area contributed by atoms with Crippen LogP contribution < -0.4 is 5.32 Å². The zero-order chi connectivity index (χ0) is 14.1. The van der Waals surface area contributed by atoms with Gasteiger partial charge in [0, 0.05) is 5.69 Å². The highest BCUT2D eigenvalue weighted by atomic mass is 35.5. The zero-order valence-corrected chi connectivity index (χ0v) is 12.1. The van der Waals surface area contributed by atoms with Gasteiger partial charge in [-0.05, 0) is 43.0 Å². The first kappa shape index (κ1) is 13.2. The molecule has 1 N–H and O–H groups in total. The number of nitrogens with one attached hydrogen (secondary N) is 1. The third kappa shape index (κ3) is 2.33. The molecular weight excluding hydrogens is 293 g/mol. The average Bonchev–Trinajstić information content (AvgIpc) is 2.89. The maximum Gasteiger partial charge on any atom is 0.148 e. The number of nitriles is 1. The van der Waals surface area contributed by atoms with Crippen LogP contribution in [0.25, 0.3) is 0 Å². The van der Waals surface area contributed by atoms with E-state index in [1.54, 1.807) is 18.2 Å². The quantitative estimate of drug-likeness (QED) is 0.889. The standard InChI is InChI=1S/C15H11Cl2N3/c16-11-4-2-5-12(17)14(11)20-15-10(8-18)7-9-3-1-6-13(9)19-15/h2,4-5,7H,1,3,6H2,(H,19,20). The third-order valence-electron chi connectivity index (χ3n) is 3.38. The first-order chi connectivity index (χ1) is 9.69. The zero-order valence-electron chi connectivity index (χ0n) is 10.6. The van der Waals surface area contributed by atoms with E-state index in [0.29, 0.717) is 27.1 Å². The maximum atomic E-state index is 9.27. The largest absolute Gasteiger partial charge is 0.337 e. The van der Waals surface area contributed by atoms with Crippen molar-refractivity contribution in [3.63, 3.8) is 0 Å². The fourth-order valence-electron chi connectivity index (χ4n) is 2.39. The molecule has 20 heavy (non-hydrogen) atoms. The van der Waals surface area contributed by atoms with Crippen LogP contribution in [0.15, 0.2) is 24.3 Å². The van der Waals surface area contributed by atoms with Crippen LogP contribution in [-0.4, -0.2) is 4.98 Å². The molecule has 1 aliphatic rings. The number of benzene rings is 1. The number of para-hydroxylation sites is 1. The van der Waals surface area contributed by atoms with Crippen LogP contribution in [-0.2, 0) is 12.8 Å². The van der Waals surface area contributed by atoms with E-state index in [9.17, 15) is 5.26 Å². The molecule has 0 radical (unpaired) electrons. The van der Waals surface area contributed by atoms with Gasteiger partial charge in [0.1, 0.15) is 11.9 Å². The molecule has 1 aromatic heterocycles. The van der Waals surface area contributed by atoms with E-state index in [1.165, 1.54) is 0 Å². The Labute approximate surface area is 127 Å². The van der Waals surface area contributed by atoms with Crippen molar-refractivity contribution in [1.82, 2.24) is 4.98 Å². The summed E-state index contributed by atoms with van der Waals surface area (Å²) in [6, 6.07) is 9.34. The summed E-state index contributed by atoms with van der Waals surface area (Å²) < 4.78 is 0. The van der Waals surface area contributed by atoms with E-state index in [2.05, 4.69) is 16.4 Å². The molecule has 1 aliphatic carbocycles. The van der Waals surface area contributed by atoms with Gasteiger partial charge in [-0.25, -0.2) is 4.98 Å². The van der Waals surface area contributed by atoms with Gasteiger partial charge in [-0.3, -0.25) is 0 Å². The van der Waals surface area contributed by atoms with Crippen molar-refractivity contribution in [2.24, 2.45) is 0 Å². The summed E-state index contributed by atoms with van der Waals surface area (Å²) in [4.78, 5) is 4.55. The minimum atomic E-state index is 0.503. The molecule has 0 saturated heterocycles. The van der Waals surface area contributed by atoms with Crippen LogP contribution in [0, 0.1) is 11.3 Å². The van der Waals surface area contributed by atoms with E-state index in [-0.39, 0.29) is 0 Å². The first-order valence-electron chi connectivity index (χ1n) is 6.33. The number of anilines is 2. The third-order valence-corrected chi connectivity index (χ3v) is 4.01. The normalized spacial score (nSPS) is 12.8. The molecule has 5 heteroatoms. The Morgan fingerprint density at radius 2 is 1.95 bits per heavy atom. The Morgan fingerprint density at radius 3 is 2.65 bits per heavy atom. The van der Waals surface area contributed by atoms with Crippen LogP contribution in [0.1, 0.15) is 23.2 Å². The highest BCUT2D eigenvalue weighted by Crippen LogP contribution is 2.34. The second kappa shape index (κ2) is 5.32. The number of aromatic nitrogens is 1. The molecule has 3 nitrogen and oxygen atoms in total. The highest BCUT2D eigenvalue weighted by Gasteiger charge is 2.17. The second-order valence-electron chi connectivity index (χ2n) is 4.68. The molecule has 1 aromatic carbocycles. The van der Waals surface area contributed by atoms with Gasteiger partial charge in [0.2, 0.25) is 0 Å². The molecule has 0 amide bonds. The summed E-state index contributed by atoms with van der Waals surface area (Å²) in [6.07, 6.45) is 3.03. The van der Waals surface area contributed by atoms with Gasteiger partial charge in [-0.2, -0.15) is 5.26 Å². The van der Waals surface area contributed by atoms with E-state index >= 15 is 0 Å². The molecule has 100 valence electrons. The van der Waals surface area contributed by atoms with Crippen LogP contribution in [0.5, 0.6) is 0 Å². The van der Waals surface area contributed by atoms with Gasteiger partial charge < -0.3 is 5.32 Å². The summed E-state index contributed by atoms with van der Waals surface area (Å²) >= 11 is 12.3. The lowest BCUT2D eigenvalue weighted by Crippen LogP contribution is -2.01. The van der Waals surface area contributed by atoms with E-state index in [1.807, 2.05) is 6.07 Å². The predicted octanol–water partition coefficient (Wildman–Crippen LogP) is 4.49. The van der Waals surface area contributed by atoms with Gasteiger partial charge >= 0.3 is 0 Å². The number of nitrogens with zero attached hydrogens (tertiary/aromatic N) is 2. The summed E-state index contributed by atoms with van der Waals surface area (Å²) in [7, 11) is 0. The number of pyridine rings is 1. The van der Waals surface area contributed by atoms with E-state index in [0.717, 1.165) is 30.5 Å². The van der Waals surface area contributed by atoms with Crippen molar-refractivity contribution in [2.75, 3.05) is 5.32 Å². The predicted molar refractivity (Wildman–Crippen MR) is 80.7 cm³/mol. The minimum Gasteiger partial charge on any atom is -0.337 e. The highest BCUT2D eigenvalue weighted by molar-refractivity contribution is 6.39. The van der Waals surface area contributed by atoms with Crippen molar-refractivity contribution in [2.45, 2.75) is 19.3 Å². The van der Waals surface area contributed by atoms with Gasteiger partial charge in [0.15, 0.2) is 0 Å². The fourth-order valence-corrected chi connectivity index (χ4v) is 2.88. The van der Waals surface area contributed by atoms with Crippen LogP contribution in [0.3, 0.4) is 0 Å². The van der Waals surface area contributed by atoms with Crippen molar-refractivity contribution < 1.29 is 0 Å². The molecule has 0 unspecified atom stereocenters. The fraction of sp³-hybridized carbons (Fsp3) is 0.200. The molecule has 0 saturated carbocycles. The molecule has 0 spiro atoms. The van der Waals surface area contributed by atoms with E-state index < -0.39 is 0 Å². The van der Waals surface area contributed by atoms with Crippen molar-refractivity contribution in [3.8, 4) is 6.07 Å². The average molecular weight is 304 g/mol. The molecule has 0 bridgehead atoms. The minimum absolute atomic E-state index is 0.503. The number of aryl methyl sites for hydroxylation is 2. The lowest BCUT2D eigenvalue weighted by atomic mass is 10.1. The Bertz CT molecular complexity index is 700. The SMILES string of the molecule is N#Cc1cc2c(nc1Nc1c(Cl)cccc1Cl)CCC2. The molecular formula is C15H11Cl2N3. The number of fused-ring (bicyclic) bond motifs is 1. The lowest BCUT2D eigenvalue weighted by Gasteiger charge is -2.12. The molecule has 3 rings (SSSR count). The first-order valence-corrected chi connectivity index (χ1v) is 7.08. The number of hydrogen-bond donors (Lipinski definition) is 1. The van der Waals surface area contributed by atoms with Crippen LogP contribution >= 0.6 is 23.2 Å². The van der Waals surface area contributed by atoms with Crippen molar-refractivity contribution in [3.05, 3.63) is 51.1 Å². The van der Waals surface area contributed by atoms with Crippen LogP contribution in [0.2, 0.25) is 10.0 Å². The van der Waals surface area contributed by atoms with Crippen LogP contribution in [0.4, 0.5) is 11.5 Å². The Kier molecular flexibility index (Phi) is 3.52. The lowest BCUT2D eigenvalue weighted by molar-refractivity contribution is 0.900. The Balaban J connectivity index is 2.05. The topological polar surface area (TPSA) is 48.7 Å². The van der Waals surface area contributed by atoms with Crippen molar-refractivity contribution >= 4 is 34.7 Å². The Hall–Kier alpha value is -1.76. The Morgan fingerprint density at radius 1 is 1.20 bits per heavy atom. The molecule has 0 fully saturated rings. The molecule has 0 atom stereocenters. The number of hydrogen-bond acceptors (Lipinski definition) is 3. The summed E-state index contributed by atoms with van der Waals surface area (Å²) in [5.41, 5.74) is 3.31. The van der Waals surface area contributed by atoms with Crippen molar-refractivity contribution in [1.29, 1.82) is 5.26 Å². The summed E-state index contributed by atoms with van der Waals surface area (Å²) in [6.45, 7) is 0. The molecule has 2 aromatic rings. The number of rotatable bonds is 2. The molecule has 1 heterocycles. The molecule has 0 aliphatic heterocycles. The summed E-state index contributed by atoms with van der Waals surface area (Å²) in [5.74, 6) is 0.517. The van der Waals surface area contributed by atoms with Gasteiger partial charge in [-0.15, -0.1) is 0 Å².